The fourth-order valence-corrected chi connectivity index (χ4v) is 3.92. The van der Waals surface area contributed by atoms with Crippen LogP contribution in [0.4, 0.5) is 0 Å². The van der Waals surface area contributed by atoms with Crippen LogP contribution < -0.4 is 0 Å². The number of nitrogens with zero attached hydrogens (tertiary/aromatic N) is 6. The Labute approximate surface area is 182 Å². The van der Waals surface area contributed by atoms with Crippen LogP contribution in [-0.2, 0) is 0 Å². The Kier molecular flexibility index (Phi) is 6.55. The number of hydrogen-bond acceptors (Lipinski definition) is 5. The van der Waals surface area contributed by atoms with Crippen LogP contribution in [0.25, 0.3) is 5.69 Å². The molecule has 3 heterocycles. The normalized spacial score (nSPS) is 15.5. The molecular weight excluding hydrogens is 396 g/mol. The maximum Gasteiger partial charge on any atom is 0.177 e. The van der Waals surface area contributed by atoms with Gasteiger partial charge in [-0.25, -0.2) is 4.98 Å². The monoisotopic (exact) mass is 422 g/mol. The summed E-state index contributed by atoms with van der Waals surface area (Å²) in [5.41, 5.74) is 3.50. The van der Waals surface area contributed by atoms with Gasteiger partial charge in [0.15, 0.2) is 12.0 Å². The third kappa shape index (κ3) is 4.16. The molecule has 0 amide bonds. The van der Waals surface area contributed by atoms with Crippen molar-refractivity contribution in [2.75, 3.05) is 13.1 Å². The topological polar surface area (TPSA) is 59.2 Å². The smallest absolute Gasteiger partial charge is 0.177 e. The van der Waals surface area contributed by atoms with Crippen LogP contribution in [-0.4, -0.2) is 43.4 Å². The first-order valence-electron chi connectivity index (χ1n) is 10.7. The molecule has 0 N–H and O–H groups in total. The van der Waals surface area contributed by atoms with Crippen molar-refractivity contribution >= 4 is 17.3 Å². The van der Waals surface area contributed by atoms with Crippen LogP contribution in [0.3, 0.4) is 0 Å². The molecule has 1 aromatic carbocycles. The molecule has 156 valence electrons. The van der Waals surface area contributed by atoms with Crippen LogP contribution in [0.5, 0.6) is 0 Å². The van der Waals surface area contributed by atoms with Gasteiger partial charge in [-0.3, -0.25) is 14.5 Å². The zero-order valence-corrected chi connectivity index (χ0v) is 18.3. The van der Waals surface area contributed by atoms with Gasteiger partial charge in [0.1, 0.15) is 17.2 Å². The van der Waals surface area contributed by atoms with Gasteiger partial charge < -0.3 is 0 Å². The molecule has 0 radical (unpaired) electrons. The van der Waals surface area contributed by atoms with Crippen molar-refractivity contribution in [3.8, 4) is 5.69 Å². The molecule has 2 aromatic heterocycles. The zero-order valence-electron chi connectivity index (χ0n) is 17.5. The number of hydrogen-bond donors (Lipinski definition) is 0. The maximum absolute atomic E-state index is 6.30. The van der Waals surface area contributed by atoms with E-state index in [2.05, 4.69) is 46.1 Å². The lowest BCUT2D eigenvalue weighted by atomic mass is 10.1. The summed E-state index contributed by atoms with van der Waals surface area (Å²) in [5.74, 6) is 0.818. The standard InChI is InChI=1S/C23H27ClN6/c1-3-5-14-29(15-6-4-2)22-23-28-25-16-30(23)18-12-13-19(24)26-21(18)20(27-22)17-10-8-7-9-11-17/h7-13,16,22H,3-6,14-15H2,1-2H3. The summed E-state index contributed by atoms with van der Waals surface area (Å²) in [6, 6.07) is 14.0. The molecule has 0 saturated heterocycles. The van der Waals surface area contributed by atoms with Gasteiger partial charge >= 0.3 is 0 Å². The van der Waals surface area contributed by atoms with E-state index in [4.69, 9.17) is 16.6 Å². The van der Waals surface area contributed by atoms with E-state index < -0.39 is 0 Å². The number of pyridine rings is 1. The van der Waals surface area contributed by atoms with E-state index in [-0.39, 0.29) is 6.17 Å². The predicted octanol–water partition coefficient (Wildman–Crippen LogP) is 5.07. The van der Waals surface area contributed by atoms with E-state index >= 15 is 0 Å². The lowest BCUT2D eigenvalue weighted by molar-refractivity contribution is 0.188. The third-order valence-corrected chi connectivity index (χ3v) is 5.58. The van der Waals surface area contributed by atoms with Crippen LogP contribution in [0.15, 0.2) is 53.8 Å². The molecule has 1 unspecified atom stereocenters. The Morgan fingerprint density at radius 3 is 2.43 bits per heavy atom. The maximum atomic E-state index is 6.30. The molecule has 30 heavy (non-hydrogen) atoms. The van der Waals surface area contributed by atoms with E-state index in [1.165, 1.54) is 0 Å². The van der Waals surface area contributed by atoms with Crippen molar-refractivity contribution < 1.29 is 0 Å². The molecular formula is C23H27ClN6. The highest BCUT2D eigenvalue weighted by Gasteiger charge is 2.31. The minimum atomic E-state index is -0.228. The van der Waals surface area contributed by atoms with E-state index in [0.29, 0.717) is 5.15 Å². The molecule has 0 aliphatic carbocycles. The van der Waals surface area contributed by atoms with E-state index in [1.54, 1.807) is 12.4 Å². The minimum absolute atomic E-state index is 0.228. The molecule has 3 aromatic rings. The Balaban J connectivity index is 1.90. The molecule has 1 aliphatic rings. The Hall–Kier alpha value is -2.57. The van der Waals surface area contributed by atoms with Gasteiger partial charge in [0.25, 0.3) is 0 Å². The fraction of sp³-hybridized carbons (Fsp3) is 0.391. The van der Waals surface area contributed by atoms with Gasteiger partial charge in [-0.15, -0.1) is 10.2 Å². The second-order valence-corrected chi connectivity index (χ2v) is 7.91. The summed E-state index contributed by atoms with van der Waals surface area (Å²) in [7, 11) is 0. The van der Waals surface area contributed by atoms with Crippen LogP contribution >= 0.6 is 11.6 Å². The highest BCUT2D eigenvalue weighted by molar-refractivity contribution is 6.30. The van der Waals surface area contributed by atoms with E-state index in [9.17, 15) is 0 Å². The third-order valence-electron chi connectivity index (χ3n) is 5.37. The van der Waals surface area contributed by atoms with Gasteiger partial charge in [0.2, 0.25) is 0 Å². The Bertz CT molecular complexity index is 1010. The lowest BCUT2D eigenvalue weighted by Crippen LogP contribution is -2.31. The van der Waals surface area contributed by atoms with Crippen molar-refractivity contribution in [2.45, 2.75) is 45.7 Å². The van der Waals surface area contributed by atoms with Gasteiger partial charge in [-0.1, -0.05) is 68.6 Å². The number of halogens is 1. The molecule has 4 rings (SSSR count). The zero-order chi connectivity index (χ0) is 20.9. The summed E-state index contributed by atoms with van der Waals surface area (Å²) in [5, 5.41) is 9.15. The number of aliphatic imine (C=N–C) groups is 1. The van der Waals surface area contributed by atoms with Gasteiger partial charge in [-0.05, 0) is 25.0 Å². The minimum Gasteiger partial charge on any atom is -0.280 e. The fourth-order valence-electron chi connectivity index (χ4n) is 3.77. The summed E-state index contributed by atoms with van der Waals surface area (Å²) in [6.45, 7) is 6.36. The van der Waals surface area contributed by atoms with Crippen LogP contribution in [0.1, 0.15) is 62.8 Å². The lowest BCUT2D eigenvalue weighted by Gasteiger charge is -2.28. The molecule has 7 heteroatoms. The first-order chi connectivity index (χ1) is 14.7. The first kappa shape index (κ1) is 20.7. The van der Waals surface area contributed by atoms with E-state index in [0.717, 1.165) is 67.3 Å². The highest BCUT2D eigenvalue weighted by atomic mass is 35.5. The van der Waals surface area contributed by atoms with Crippen molar-refractivity contribution in [2.24, 2.45) is 4.99 Å². The number of unbranched alkanes of at least 4 members (excludes halogenated alkanes) is 2. The second kappa shape index (κ2) is 9.49. The Morgan fingerprint density at radius 2 is 1.73 bits per heavy atom. The average Bonchev–Trinajstić information content (AvgIpc) is 3.20. The quantitative estimate of drug-likeness (QED) is 0.475. The van der Waals surface area contributed by atoms with Crippen molar-refractivity contribution in [1.29, 1.82) is 0 Å². The first-order valence-corrected chi connectivity index (χ1v) is 11.0. The number of fused-ring (bicyclic) bond motifs is 3. The summed E-state index contributed by atoms with van der Waals surface area (Å²) in [6.07, 6.45) is 6.01. The molecule has 0 spiro atoms. The molecule has 6 nitrogen and oxygen atoms in total. The largest absolute Gasteiger partial charge is 0.280 e. The Morgan fingerprint density at radius 1 is 1.00 bits per heavy atom. The number of rotatable bonds is 8. The number of benzene rings is 1. The molecule has 0 fully saturated rings. The van der Waals surface area contributed by atoms with Crippen molar-refractivity contribution in [1.82, 2.24) is 24.6 Å². The second-order valence-electron chi connectivity index (χ2n) is 7.52. The predicted molar refractivity (Wildman–Crippen MR) is 120 cm³/mol. The van der Waals surface area contributed by atoms with Crippen LogP contribution in [0, 0.1) is 0 Å². The SMILES string of the molecule is CCCCN(CCCC)C1N=C(c2ccccc2)c2nc(Cl)ccc2-n2cnnc21. The summed E-state index contributed by atoms with van der Waals surface area (Å²) in [4.78, 5) is 12.3. The van der Waals surface area contributed by atoms with E-state index in [1.807, 2.05) is 28.8 Å². The molecule has 0 saturated carbocycles. The summed E-state index contributed by atoms with van der Waals surface area (Å²) < 4.78 is 2.01. The molecule has 0 bridgehead atoms. The van der Waals surface area contributed by atoms with Gasteiger partial charge in [-0.2, -0.15) is 0 Å². The van der Waals surface area contributed by atoms with Gasteiger partial charge in [0.05, 0.1) is 11.4 Å². The highest BCUT2D eigenvalue weighted by Crippen LogP contribution is 2.32. The van der Waals surface area contributed by atoms with Crippen LogP contribution in [0.2, 0.25) is 5.15 Å². The average molecular weight is 423 g/mol. The van der Waals surface area contributed by atoms with Gasteiger partial charge in [0, 0.05) is 18.7 Å². The summed E-state index contributed by atoms with van der Waals surface area (Å²) >= 11 is 6.30. The van der Waals surface area contributed by atoms with Crippen molar-refractivity contribution in [3.63, 3.8) is 0 Å². The molecule has 1 atom stereocenters. The van der Waals surface area contributed by atoms with Crippen molar-refractivity contribution in [3.05, 3.63) is 71.0 Å². The number of aromatic nitrogens is 4. The molecule has 1 aliphatic heterocycles.